The summed E-state index contributed by atoms with van der Waals surface area (Å²) in [5, 5.41) is 2.97. The number of hydrogen-bond donors (Lipinski definition) is 1. The molecule has 0 aromatic heterocycles. The van der Waals surface area contributed by atoms with Gasteiger partial charge in [0.15, 0.2) is 0 Å². The van der Waals surface area contributed by atoms with Crippen LogP contribution < -0.4 is 10.1 Å². The summed E-state index contributed by atoms with van der Waals surface area (Å²) in [7, 11) is 1.64. The van der Waals surface area contributed by atoms with Crippen molar-refractivity contribution in [2.24, 2.45) is 5.92 Å². The van der Waals surface area contributed by atoms with Gasteiger partial charge in [-0.3, -0.25) is 9.59 Å². The highest BCUT2D eigenvalue weighted by Crippen LogP contribution is 2.19. The molecule has 1 aliphatic rings. The van der Waals surface area contributed by atoms with Crippen LogP contribution in [0.4, 0.5) is 0 Å². The molecule has 1 heterocycles. The summed E-state index contributed by atoms with van der Waals surface area (Å²) in [5.41, 5.74) is 3.58. The van der Waals surface area contributed by atoms with Gasteiger partial charge in [-0.2, -0.15) is 0 Å². The molecule has 1 saturated heterocycles. The van der Waals surface area contributed by atoms with Crippen LogP contribution in [0.2, 0.25) is 0 Å². The van der Waals surface area contributed by atoms with Crippen molar-refractivity contribution in [3.05, 3.63) is 65.2 Å². The van der Waals surface area contributed by atoms with Gasteiger partial charge in [0.05, 0.1) is 13.0 Å². The Kier molecular flexibility index (Phi) is 6.69. The largest absolute Gasteiger partial charge is 0.497 e. The summed E-state index contributed by atoms with van der Waals surface area (Å²) < 4.78 is 5.15. The smallest absolute Gasteiger partial charge is 0.225 e. The molecule has 148 valence electrons. The van der Waals surface area contributed by atoms with E-state index in [1.165, 1.54) is 11.1 Å². The van der Waals surface area contributed by atoms with Gasteiger partial charge >= 0.3 is 0 Å². The Bertz CT molecular complexity index is 800. The Morgan fingerprint density at radius 1 is 1.07 bits per heavy atom. The third-order valence-corrected chi connectivity index (χ3v) is 5.25. The lowest BCUT2D eigenvalue weighted by molar-refractivity contribution is -0.129. The summed E-state index contributed by atoms with van der Waals surface area (Å²) in [6, 6.07) is 16.2. The van der Waals surface area contributed by atoms with Crippen LogP contribution in [0.25, 0.3) is 0 Å². The first-order chi connectivity index (χ1) is 13.5. The second kappa shape index (κ2) is 9.40. The third-order valence-electron chi connectivity index (χ3n) is 5.25. The number of hydrogen-bond acceptors (Lipinski definition) is 3. The van der Waals surface area contributed by atoms with Gasteiger partial charge in [-0.25, -0.2) is 0 Å². The summed E-state index contributed by atoms with van der Waals surface area (Å²) in [6.07, 6.45) is 1.88. The van der Waals surface area contributed by atoms with Crippen LogP contribution in [0, 0.1) is 12.8 Å². The molecule has 5 heteroatoms. The molecule has 1 aliphatic heterocycles. The number of amides is 2. The van der Waals surface area contributed by atoms with Crippen LogP contribution in [0.3, 0.4) is 0 Å². The van der Waals surface area contributed by atoms with Gasteiger partial charge in [0.2, 0.25) is 11.8 Å². The molecule has 1 atom stereocenters. The highest BCUT2D eigenvalue weighted by molar-refractivity contribution is 5.89. The lowest BCUT2D eigenvalue weighted by Crippen LogP contribution is -2.34. The van der Waals surface area contributed by atoms with Gasteiger partial charge in [-0.1, -0.05) is 42.0 Å². The topological polar surface area (TPSA) is 58.6 Å². The first-order valence-corrected chi connectivity index (χ1v) is 9.79. The van der Waals surface area contributed by atoms with E-state index in [0.717, 1.165) is 24.2 Å². The van der Waals surface area contributed by atoms with E-state index in [1.807, 2.05) is 29.2 Å². The summed E-state index contributed by atoms with van der Waals surface area (Å²) in [5.74, 6) is 0.617. The molecule has 1 fully saturated rings. The average Bonchev–Trinajstić information content (AvgIpc) is 3.09. The molecule has 1 N–H and O–H groups in total. The zero-order valence-corrected chi connectivity index (χ0v) is 16.6. The minimum Gasteiger partial charge on any atom is -0.497 e. The number of likely N-dealkylation sites (tertiary alicyclic amines) is 1. The predicted molar refractivity (Wildman–Crippen MR) is 109 cm³/mol. The van der Waals surface area contributed by atoms with E-state index in [9.17, 15) is 9.59 Å². The summed E-state index contributed by atoms with van der Waals surface area (Å²) in [4.78, 5) is 26.5. The maximum atomic E-state index is 12.4. The highest BCUT2D eigenvalue weighted by Gasteiger charge is 2.33. The number of carbonyl (C=O) groups excluding carboxylic acids is 2. The van der Waals surface area contributed by atoms with E-state index in [2.05, 4.69) is 36.5 Å². The van der Waals surface area contributed by atoms with Gasteiger partial charge in [0.1, 0.15) is 5.75 Å². The number of carbonyl (C=O) groups is 2. The molecule has 1 unspecified atom stereocenters. The number of benzene rings is 2. The van der Waals surface area contributed by atoms with Gasteiger partial charge in [-0.15, -0.1) is 0 Å². The van der Waals surface area contributed by atoms with Gasteiger partial charge in [0, 0.05) is 26.1 Å². The van der Waals surface area contributed by atoms with Crippen molar-refractivity contribution < 1.29 is 14.3 Å². The average molecular weight is 380 g/mol. The first-order valence-electron chi connectivity index (χ1n) is 9.79. The zero-order valence-electron chi connectivity index (χ0n) is 16.6. The predicted octanol–water partition coefficient (Wildman–Crippen LogP) is 2.75. The number of nitrogens with one attached hydrogen (secondary N) is 1. The van der Waals surface area contributed by atoms with E-state index in [1.54, 1.807) is 7.11 Å². The van der Waals surface area contributed by atoms with E-state index < -0.39 is 0 Å². The van der Waals surface area contributed by atoms with Crippen LogP contribution in [-0.2, 0) is 22.4 Å². The normalized spacial score (nSPS) is 16.3. The van der Waals surface area contributed by atoms with E-state index in [4.69, 9.17) is 4.74 Å². The lowest BCUT2D eigenvalue weighted by atomic mass is 10.1. The quantitative estimate of drug-likeness (QED) is 0.766. The second-order valence-corrected chi connectivity index (χ2v) is 7.37. The van der Waals surface area contributed by atoms with Gasteiger partial charge < -0.3 is 15.0 Å². The van der Waals surface area contributed by atoms with Crippen molar-refractivity contribution in [1.82, 2.24) is 10.2 Å². The summed E-state index contributed by atoms with van der Waals surface area (Å²) >= 11 is 0. The van der Waals surface area contributed by atoms with Gasteiger partial charge in [0.25, 0.3) is 0 Å². The number of ether oxygens (including phenoxy) is 1. The molecular formula is C23H28N2O3. The van der Waals surface area contributed by atoms with Crippen molar-refractivity contribution in [3.8, 4) is 5.75 Å². The molecule has 3 rings (SSSR count). The van der Waals surface area contributed by atoms with Crippen molar-refractivity contribution in [2.45, 2.75) is 26.2 Å². The Hall–Kier alpha value is -2.82. The molecule has 0 saturated carbocycles. The number of rotatable bonds is 8. The van der Waals surface area contributed by atoms with Crippen molar-refractivity contribution in [1.29, 1.82) is 0 Å². The molecule has 5 nitrogen and oxygen atoms in total. The van der Waals surface area contributed by atoms with Crippen LogP contribution in [0.1, 0.15) is 23.1 Å². The fraction of sp³-hybridized carbons (Fsp3) is 0.391. The monoisotopic (exact) mass is 380 g/mol. The Morgan fingerprint density at radius 2 is 1.71 bits per heavy atom. The van der Waals surface area contributed by atoms with Crippen LogP contribution in [0.5, 0.6) is 5.75 Å². The first kappa shape index (κ1) is 19.9. The summed E-state index contributed by atoms with van der Waals surface area (Å²) in [6.45, 7) is 3.81. The molecule has 2 aromatic carbocycles. The Labute approximate surface area is 166 Å². The number of aryl methyl sites for hydroxylation is 1. The maximum Gasteiger partial charge on any atom is 0.225 e. The van der Waals surface area contributed by atoms with Crippen molar-refractivity contribution >= 4 is 11.8 Å². The van der Waals surface area contributed by atoms with Gasteiger partial charge in [-0.05, 0) is 43.0 Å². The Morgan fingerprint density at radius 3 is 2.39 bits per heavy atom. The molecule has 2 amide bonds. The minimum atomic E-state index is -0.249. The maximum absolute atomic E-state index is 12.4. The van der Waals surface area contributed by atoms with E-state index in [0.29, 0.717) is 26.1 Å². The molecule has 0 bridgehead atoms. The van der Waals surface area contributed by atoms with E-state index >= 15 is 0 Å². The minimum absolute atomic E-state index is 0.0281. The molecule has 0 spiro atoms. The van der Waals surface area contributed by atoms with Crippen LogP contribution >= 0.6 is 0 Å². The SMILES string of the molecule is COc1ccc(CCNC(=O)C2CC(=O)N(CCc3ccc(C)cc3)C2)cc1. The molecule has 0 radical (unpaired) electrons. The van der Waals surface area contributed by atoms with E-state index in [-0.39, 0.29) is 17.7 Å². The zero-order chi connectivity index (χ0) is 19.9. The fourth-order valence-electron chi connectivity index (χ4n) is 3.45. The fourth-order valence-corrected chi connectivity index (χ4v) is 3.45. The van der Waals surface area contributed by atoms with Crippen LogP contribution in [0.15, 0.2) is 48.5 Å². The standard InChI is InChI=1S/C23H28N2O3/c1-17-3-5-19(6-4-17)12-14-25-16-20(15-22(25)26)23(27)24-13-11-18-7-9-21(28-2)10-8-18/h3-10,20H,11-16H2,1-2H3,(H,24,27). The highest BCUT2D eigenvalue weighted by atomic mass is 16.5. The van der Waals surface area contributed by atoms with Crippen molar-refractivity contribution in [2.75, 3.05) is 26.7 Å². The second-order valence-electron chi connectivity index (χ2n) is 7.37. The molecule has 28 heavy (non-hydrogen) atoms. The third kappa shape index (κ3) is 5.35. The lowest BCUT2D eigenvalue weighted by Gasteiger charge is -2.16. The Balaban J connectivity index is 1.41. The number of nitrogens with zero attached hydrogens (tertiary/aromatic N) is 1. The molecule has 0 aliphatic carbocycles. The van der Waals surface area contributed by atoms with Crippen molar-refractivity contribution in [3.63, 3.8) is 0 Å². The van der Waals surface area contributed by atoms with Crippen LogP contribution in [-0.4, -0.2) is 43.5 Å². The number of methoxy groups -OCH3 is 1. The molecular weight excluding hydrogens is 352 g/mol. The molecule has 2 aromatic rings.